The van der Waals surface area contributed by atoms with Gasteiger partial charge in [-0.15, -0.1) is 0 Å². The van der Waals surface area contributed by atoms with E-state index in [4.69, 9.17) is 5.73 Å². The number of nitrogens with two attached hydrogens (primary N) is 1. The van der Waals surface area contributed by atoms with Crippen LogP contribution in [0.15, 0.2) is 24.3 Å². The average Bonchev–Trinajstić information content (AvgIpc) is 2.44. The molecule has 0 spiro atoms. The van der Waals surface area contributed by atoms with Crippen molar-refractivity contribution in [2.24, 2.45) is 0 Å². The Labute approximate surface area is 89.7 Å². The maximum Gasteiger partial charge on any atom is 0.220 e. The third kappa shape index (κ3) is 2.49. The normalized spacial score (nSPS) is 21.9. The third-order valence-corrected chi connectivity index (χ3v) is 2.82. The van der Waals surface area contributed by atoms with Crippen LogP contribution < -0.4 is 11.1 Å². The van der Waals surface area contributed by atoms with Crippen molar-refractivity contribution < 1.29 is 4.79 Å². The van der Waals surface area contributed by atoms with Crippen molar-refractivity contribution in [2.75, 3.05) is 5.73 Å². The Morgan fingerprint density at radius 1 is 1.20 bits per heavy atom. The Balaban J connectivity index is 2.14. The lowest BCUT2D eigenvalue weighted by Gasteiger charge is -2.16. The van der Waals surface area contributed by atoms with Gasteiger partial charge in [-0.1, -0.05) is 18.6 Å². The van der Waals surface area contributed by atoms with Gasteiger partial charge in [-0.3, -0.25) is 4.79 Å². The zero-order valence-corrected chi connectivity index (χ0v) is 8.70. The number of carbonyl (C=O) groups excluding carboxylic acids is 1. The Morgan fingerprint density at radius 3 is 2.67 bits per heavy atom. The highest BCUT2D eigenvalue weighted by Crippen LogP contribution is 2.23. The zero-order chi connectivity index (χ0) is 10.7. The summed E-state index contributed by atoms with van der Waals surface area (Å²) < 4.78 is 0. The number of rotatable bonds is 1. The van der Waals surface area contributed by atoms with Crippen LogP contribution in [0.5, 0.6) is 0 Å². The Hall–Kier alpha value is -1.51. The van der Waals surface area contributed by atoms with E-state index in [0.29, 0.717) is 6.42 Å². The van der Waals surface area contributed by atoms with Gasteiger partial charge in [-0.05, 0) is 30.5 Å². The highest BCUT2D eigenvalue weighted by molar-refractivity contribution is 5.76. The average molecular weight is 204 g/mol. The molecule has 80 valence electrons. The first-order valence-corrected chi connectivity index (χ1v) is 5.40. The number of nitrogens with one attached hydrogen (secondary N) is 1. The molecule has 0 aromatic heterocycles. The summed E-state index contributed by atoms with van der Waals surface area (Å²) >= 11 is 0. The molecule has 3 nitrogen and oxygen atoms in total. The predicted octanol–water partition coefficient (Wildman–Crippen LogP) is 2.00. The quantitative estimate of drug-likeness (QED) is 0.687. The molecule has 1 fully saturated rings. The van der Waals surface area contributed by atoms with E-state index in [1.54, 1.807) is 0 Å². The standard InChI is InChI=1S/C12H16N2O/c13-10-7-5-9(6-8-10)11-3-1-2-4-12(15)14-11/h5-8,11H,1-4,13H2,(H,14,15). The zero-order valence-electron chi connectivity index (χ0n) is 8.70. The van der Waals surface area contributed by atoms with Gasteiger partial charge in [0.05, 0.1) is 6.04 Å². The van der Waals surface area contributed by atoms with Gasteiger partial charge in [0, 0.05) is 12.1 Å². The first-order chi connectivity index (χ1) is 7.25. The van der Waals surface area contributed by atoms with Crippen LogP contribution in [-0.2, 0) is 4.79 Å². The second kappa shape index (κ2) is 4.34. The largest absolute Gasteiger partial charge is 0.399 e. The van der Waals surface area contributed by atoms with Crippen LogP contribution in [0.2, 0.25) is 0 Å². The van der Waals surface area contributed by atoms with Gasteiger partial charge < -0.3 is 11.1 Å². The number of amides is 1. The van der Waals surface area contributed by atoms with E-state index >= 15 is 0 Å². The van der Waals surface area contributed by atoms with Gasteiger partial charge in [0.2, 0.25) is 5.91 Å². The summed E-state index contributed by atoms with van der Waals surface area (Å²) in [5.41, 5.74) is 7.54. The summed E-state index contributed by atoms with van der Waals surface area (Å²) in [4.78, 5) is 11.4. The molecular weight excluding hydrogens is 188 g/mol. The molecule has 1 aromatic rings. The summed E-state index contributed by atoms with van der Waals surface area (Å²) in [6.45, 7) is 0. The van der Waals surface area contributed by atoms with E-state index in [0.717, 1.165) is 30.5 Å². The summed E-state index contributed by atoms with van der Waals surface area (Å²) in [6, 6.07) is 7.91. The first-order valence-electron chi connectivity index (χ1n) is 5.40. The Bertz CT molecular complexity index is 345. The van der Waals surface area contributed by atoms with E-state index < -0.39 is 0 Å². The van der Waals surface area contributed by atoms with Crippen LogP contribution in [-0.4, -0.2) is 5.91 Å². The molecule has 1 unspecified atom stereocenters. The van der Waals surface area contributed by atoms with Gasteiger partial charge in [-0.2, -0.15) is 0 Å². The number of carbonyl (C=O) groups is 1. The number of hydrogen-bond acceptors (Lipinski definition) is 2. The van der Waals surface area contributed by atoms with Gasteiger partial charge in [-0.25, -0.2) is 0 Å². The van der Waals surface area contributed by atoms with Crippen molar-refractivity contribution >= 4 is 11.6 Å². The molecule has 0 bridgehead atoms. The lowest BCUT2D eigenvalue weighted by atomic mass is 10.0. The highest BCUT2D eigenvalue weighted by Gasteiger charge is 2.17. The fraction of sp³-hybridized carbons (Fsp3) is 0.417. The van der Waals surface area contributed by atoms with Crippen molar-refractivity contribution in [2.45, 2.75) is 31.7 Å². The molecular formula is C12H16N2O. The molecule has 1 aliphatic heterocycles. The summed E-state index contributed by atoms with van der Waals surface area (Å²) in [5, 5.41) is 3.03. The van der Waals surface area contributed by atoms with E-state index in [2.05, 4.69) is 5.32 Å². The molecule has 1 aromatic carbocycles. The van der Waals surface area contributed by atoms with Gasteiger partial charge in [0.25, 0.3) is 0 Å². The Kier molecular flexibility index (Phi) is 2.90. The maximum absolute atomic E-state index is 11.4. The monoisotopic (exact) mass is 204 g/mol. The molecule has 1 heterocycles. The van der Waals surface area contributed by atoms with Crippen molar-refractivity contribution in [3.05, 3.63) is 29.8 Å². The predicted molar refractivity (Wildman–Crippen MR) is 60.2 cm³/mol. The SMILES string of the molecule is Nc1ccc(C2CCCCC(=O)N2)cc1. The van der Waals surface area contributed by atoms with Crippen LogP contribution in [0.1, 0.15) is 37.3 Å². The number of anilines is 1. The lowest BCUT2D eigenvalue weighted by Crippen LogP contribution is -2.25. The minimum absolute atomic E-state index is 0.161. The second-order valence-electron chi connectivity index (χ2n) is 4.03. The van der Waals surface area contributed by atoms with Gasteiger partial charge in [0.1, 0.15) is 0 Å². The van der Waals surface area contributed by atoms with Crippen LogP contribution in [0.25, 0.3) is 0 Å². The molecule has 0 radical (unpaired) electrons. The minimum Gasteiger partial charge on any atom is -0.399 e. The van der Waals surface area contributed by atoms with Crippen LogP contribution >= 0.6 is 0 Å². The second-order valence-corrected chi connectivity index (χ2v) is 4.03. The number of benzene rings is 1. The van der Waals surface area contributed by atoms with Crippen LogP contribution in [0, 0.1) is 0 Å². The summed E-state index contributed by atoms with van der Waals surface area (Å²) in [6.07, 6.45) is 3.78. The third-order valence-electron chi connectivity index (χ3n) is 2.82. The molecule has 15 heavy (non-hydrogen) atoms. The van der Waals surface area contributed by atoms with Crippen molar-refractivity contribution in [3.63, 3.8) is 0 Å². The fourth-order valence-corrected chi connectivity index (χ4v) is 1.95. The molecule has 3 heteroatoms. The molecule has 1 atom stereocenters. The van der Waals surface area contributed by atoms with Gasteiger partial charge >= 0.3 is 0 Å². The van der Waals surface area contributed by atoms with E-state index in [-0.39, 0.29) is 11.9 Å². The van der Waals surface area contributed by atoms with E-state index in [9.17, 15) is 4.79 Å². The summed E-state index contributed by atoms with van der Waals surface area (Å²) in [5.74, 6) is 0.161. The molecule has 0 saturated carbocycles. The molecule has 1 saturated heterocycles. The highest BCUT2D eigenvalue weighted by atomic mass is 16.1. The fourth-order valence-electron chi connectivity index (χ4n) is 1.95. The first kappa shape index (κ1) is 10.0. The smallest absolute Gasteiger partial charge is 0.220 e. The van der Waals surface area contributed by atoms with Crippen molar-refractivity contribution in [1.82, 2.24) is 5.32 Å². The number of hydrogen-bond donors (Lipinski definition) is 2. The minimum atomic E-state index is 0.161. The maximum atomic E-state index is 11.4. The van der Waals surface area contributed by atoms with E-state index in [1.165, 1.54) is 0 Å². The van der Waals surface area contributed by atoms with E-state index in [1.807, 2.05) is 24.3 Å². The molecule has 1 amide bonds. The van der Waals surface area contributed by atoms with Crippen LogP contribution in [0.3, 0.4) is 0 Å². The number of nitrogen functional groups attached to an aromatic ring is 1. The van der Waals surface area contributed by atoms with Crippen molar-refractivity contribution in [1.29, 1.82) is 0 Å². The molecule has 1 aliphatic rings. The van der Waals surface area contributed by atoms with Crippen LogP contribution in [0.4, 0.5) is 5.69 Å². The molecule has 3 N–H and O–H groups in total. The molecule has 0 aliphatic carbocycles. The topological polar surface area (TPSA) is 55.1 Å². The Morgan fingerprint density at radius 2 is 1.93 bits per heavy atom. The van der Waals surface area contributed by atoms with Crippen molar-refractivity contribution in [3.8, 4) is 0 Å². The van der Waals surface area contributed by atoms with Gasteiger partial charge in [0.15, 0.2) is 0 Å². The molecule has 2 rings (SSSR count). The summed E-state index contributed by atoms with van der Waals surface area (Å²) in [7, 11) is 0. The lowest BCUT2D eigenvalue weighted by molar-refractivity contribution is -0.121.